The number of hydrogen-bond acceptors (Lipinski definition) is 2. The second-order valence-corrected chi connectivity index (χ2v) is 3.41. The third-order valence-electron chi connectivity index (χ3n) is 2.09. The Kier molecular flexibility index (Phi) is 3.86. The average Bonchev–Trinajstić information content (AvgIpc) is 2.19. The van der Waals surface area contributed by atoms with Gasteiger partial charge >= 0.3 is 0 Å². The molecule has 0 heterocycles. The number of nitrogens with zero attached hydrogens (tertiary/aromatic N) is 1. The third-order valence-corrected chi connectivity index (χ3v) is 2.32. The normalized spacial score (nSPS) is 9.80. The van der Waals surface area contributed by atoms with Gasteiger partial charge in [-0.2, -0.15) is 0 Å². The summed E-state index contributed by atoms with van der Waals surface area (Å²) in [4.78, 5) is 23.6. The van der Waals surface area contributed by atoms with Crippen molar-refractivity contribution in [3.63, 3.8) is 0 Å². The molecular weight excluding hydrogens is 214 g/mol. The molecule has 0 aliphatic carbocycles. The molecule has 0 N–H and O–H groups in total. The van der Waals surface area contributed by atoms with E-state index in [9.17, 15) is 9.59 Å². The molecule has 15 heavy (non-hydrogen) atoms. The number of hydrogen-bond donors (Lipinski definition) is 0. The molecule has 0 radical (unpaired) electrons. The van der Waals surface area contributed by atoms with Crippen molar-refractivity contribution < 1.29 is 9.59 Å². The number of anilines is 1. The van der Waals surface area contributed by atoms with E-state index in [0.29, 0.717) is 11.3 Å². The average molecular weight is 226 g/mol. The summed E-state index contributed by atoms with van der Waals surface area (Å²) >= 11 is 5.64. The zero-order chi connectivity index (χ0) is 11.4. The molecule has 1 amide bonds. The van der Waals surface area contributed by atoms with Crippen molar-refractivity contribution in [1.82, 2.24) is 0 Å². The monoisotopic (exact) mass is 225 g/mol. The fourth-order valence-electron chi connectivity index (χ4n) is 1.21. The molecule has 3 nitrogen and oxygen atoms in total. The molecule has 0 aromatic heterocycles. The summed E-state index contributed by atoms with van der Waals surface area (Å²) in [7, 11) is 0. The molecule has 0 aliphatic heterocycles. The number of carbonyl (C=O) groups is 2. The SMILES string of the molecule is CC(=O)c1ccc(N(CCl)C(C)=O)cc1. The molecule has 4 heteroatoms. The Balaban J connectivity index is 2.97. The summed E-state index contributed by atoms with van der Waals surface area (Å²) < 4.78 is 0. The van der Waals surface area contributed by atoms with Crippen molar-refractivity contribution in [3.05, 3.63) is 29.8 Å². The molecule has 1 rings (SSSR count). The van der Waals surface area contributed by atoms with Gasteiger partial charge in [-0.05, 0) is 31.2 Å². The van der Waals surface area contributed by atoms with E-state index in [1.165, 1.54) is 18.7 Å². The van der Waals surface area contributed by atoms with Crippen LogP contribution in [0.25, 0.3) is 0 Å². The number of ketones is 1. The summed E-state index contributed by atoms with van der Waals surface area (Å²) in [5, 5.41) is 0. The molecule has 1 aromatic carbocycles. The van der Waals surface area contributed by atoms with Crippen LogP contribution in [-0.4, -0.2) is 17.7 Å². The third kappa shape index (κ3) is 2.80. The van der Waals surface area contributed by atoms with Crippen LogP contribution >= 0.6 is 11.6 Å². The van der Waals surface area contributed by atoms with Gasteiger partial charge in [0.1, 0.15) is 6.00 Å². The minimum absolute atomic E-state index is 0.00167. The van der Waals surface area contributed by atoms with Gasteiger partial charge in [0.2, 0.25) is 5.91 Å². The van der Waals surface area contributed by atoms with Crippen molar-refractivity contribution in [3.8, 4) is 0 Å². The zero-order valence-electron chi connectivity index (χ0n) is 8.66. The molecular formula is C11H12ClNO2. The van der Waals surface area contributed by atoms with E-state index in [-0.39, 0.29) is 17.7 Å². The molecule has 0 unspecified atom stereocenters. The smallest absolute Gasteiger partial charge is 0.224 e. The lowest BCUT2D eigenvalue weighted by atomic mass is 10.1. The van der Waals surface area contributed by atoms with Crippen molar-refractivity contribution in [2.24, 2.45) is 0 Å². The van der Waals surface area contributed by atoms with Crippen molar-refractivity contribution in [2.75, 3.05) is 10.9 Å². The first kappa shape index (κ1) is 11.7. The van der Waals surface area contributed by atoms with Gasteiger partial charge in [-0.25, -0.2) is 0 Å². The van der Waals surface area contributed by atoms with E-state index in [1.54, 1.807) is 24.3 Å². The zero-order valence-corrected chi connectivity index (χ0v) is 9.41. The highest BCUT2D eigenvalue weighted by Gasteiger charge is 2.09. The van der Waals surface area contributed by atoms with Crippen LogP contribution in [0.4, 0.5) is 5.69 Å². The topological polar surface area (TPSA) is 37.4 Å². The highest BCUT2D eigenvalue weighted by molar-refractivity contribution is 6.21. The molecule has 0 fully saturated rings. The van der Waals surface area contributed by atoms with Crippen LogP contribution in [0.2, 0.25) is 0 Å². The lowest BCUT2D eigenvalue weighted by Crippen LogP contribution is -2.26. The van der Waals surface area contributed by atoms with Crippen LogP contribution in [0.5, 0.6) is 0 Å². The maximum atomic E-state index is 11.2. The number of halogens is 1. The van der Waals surface area contributed by atoms with E-state index in [1.807, 2.05) is 0 Å². The van der Waals surface area contributed by atoms with E-state index in [4.69, 9.17) is 11.6 Å². The molecule has 0 aliphatic rings. The number of Topliss-reactive ketones (excluding diaryl/α,β-unsaturated/α-hetero) is 1. The molecule has 1 aromatic rings. The van der Waals surface area contributed by atoms with Crippen LogP contribution in [0.3, 0.4) is 0 Å². The number of alkyl halides is 1. The van der Waals surface area contributed by atoms with E-state index in [0.717, 1.165) is 0 Å². The Hall–Kier alpha value is -1.35. The summed E-state index contributed by atoms with van der Waals surface area (Å²) in [6, 6.07) is 6.89. The Bertz CT molecular complexity index is 373. The molecule has 0 saturated heterocycles. The molecule has 0 bridgehead atoms. The van der Waals surface area contributed by atoms with E-state index in [2.05, 4.69) is 0 Å². The van der Waals surface area contributed by atoms with Gasteiger partial charge in [-0.1, -0.05) is 0 Å². The molecule has 0 saturated carbocycles. The molecule has 80 valence electrons. The van der Waals surface area contributed by atoms with Gasteiger partial charge < -0.3 is 0 Å². The second kappa shape index (κ2) is 4.94. The Morgan fingerprint density at radius 1 is 1.20 bits per heavy atom. The van der Waals surface area contributed by atoms with Crippen LogP contribution in [0, 0.1) is 0 Å². The Labute approximate surface area is 93.6 Å². The van der Waals surface area contributed by atoms with Gasteiger partial charge in [0.25, 0.3) is 0 Å². The highest BCUT2D eigenvalue weighted by atomic mass is 35.5. The Morgan fingerprint density at radius 2 is 1.73 bits per heavy atom. The fourth-order valence-corrected chi connectivity index (χ4v) is 1.52. The van der Waals surface area contributed by atoms with Crippen LogP contribution in [-0.2, 0) is 4.79 Å². The lowest BCUT2D eigenvalue weighted by molar-refractivity contribution is -0.116. The maximum absolute atomic E-state index is 11.2. The highest BCUT2D eigenvalue weighted by Crippen LogP contribution is 2.16. The number of carbonyl (C=O) groups excluding carboxylic acids is 2. The van der Waals surface area contributed by atoms with Crippen LogP contribution < -0.4 is 4.90 Å². The van der Waals surface area contributed by atoms with Gasteiger partial charge in [-0.3, -0.25) is 14.5 Å². The van der Waals surface area contributed by atoms with E-state index < -0.39 is 0 Å². The second-order valence-electron chi connectivity index (χ2n) is 3.17. The predicted octanol–water partition coefficient (Wildman–Crippen LogP) is 2.44. The summed E-state index contributed by atoms with van der Waals surface area (Å²) in [6.45, 7) is 2.95. The fraction of sp³-hybridized carbons (Fsp3) is 0.273. The van der Waals surface area contributed by atoms with Gasteiger partial charge in [0.15, 0.2) is 5.78 Å². The standard InChI is InChI=1S/C11H12ClNO2/c1-8(14)10-3-5-11(6-4-10)13(7-12)9(2)15/h3-6H,7H2,1-2H3. The number of amides is 1. The quantitative estimate of drug-likeness (QED) is 0.450. The minimum Gasteiger partial charge on any atom is -0.298 e. The summed E-state index contributed by atoms with van der Waals surface area (Å²) in [5.74, 6) is -0.123. The van der Waals surface area contributed by atoms with Crippen molar-refractivity contribution >= 4 is 29.0 Å². The van der Waals surface area contributed by atoms with Crippen molar-refractivity contribution in [1.29, 1.82) is 0 Å². The summed E-state index contributed by atoms with van der Waals surface area (Å²) in [6.07, 6.45) is 0. The number of rotatable bonds is 3. The first-order valence-corrected chi connectivity index (χ1v) is 5.04. The van der Waals surface area contributed by atoms with Crippen LogP contribution in [0.1, 0.15) is 24.2 Å². The predicted molar refractivity (Wildman–Crippen MR) is 60.3 cm³/mol. The molecule has 0 spiro atoms. The van der Waals surface area contributed by atoms with Crippen LogP contribution in [0.15, 0.2) is 24.3 Å². The minimum atomic E-state index is -0.124. The largest absolute Gasteiger partial charge is 0.298 e. The lowest BCUT2D eigenvalue weighted by Gasteiger charge is -2.17. The maximum Gasteiger partial charge on any atom is 0.224 e. The Morgan fingerprint density at radius 3 is 2.07 bits per heavy atom. The first-order chi connectivity index (χ1) is 7.06. The molecule has 0 atom stereocenters. The summed E-state index contributed by atoms with van der Waals surface area (Å²) in [5.41, 5.74) is 1.32. The van der Waals surface area contributed by atoms with Gasteiger partial charge in [0, 0.05) is 18.2 Å². The van der Waals surface area contributed by atoms with Crippen molar-refractivity contribution in [2.45, 2.75) is 13.8 Å². The number of benzene rings is 1. The van der Waals surface area contributed by atoms with E-state index >= 15 is 0 Å². The van der Waals surface area contributed by atoms with Gasteiger partial charge in [-0.15, -0.1) is 11.6 Å². The van der Waals surface area contributed by atoms with Gasteiger partial charge in [0.05, 0.1) is 0 Å². The first-order valence-electron chi connectivity index (χ1n) is 4.51.